The molecule has 2 heterocycles. The first kappa shape index (κ1) is 25.6. The van der Waals surface area contributed by atoms with Gasteiger partial charge in [0.25, 0.3) is 5.56 Å². The van der Waals surface area contributed by atoms with Gasteiger partial charge < -0.3 is 23.7 Å². The Hall–Kier alpha value is -3.00. The highest BCUT2D eigenvalue weighted by Gasteiger charge is 2.27. The number of nitrogens with zero attached hydrogens (tertiary/aromatic N) is 3. The molecule has 0 aliphatic carbocycles. The van der Waals surface area contributed by atoms with E-state index in [1.165, 1.54) is 0 Å². The Kier molecular flexibility index (Phi) is 7.60. The second-order valence-corrected chi connectivity index (χ2v) is 9.81. The number of hydrogen-bond donors (Lipinski definition) is 0. The van der Waals surface area contributed by atoms with Gasteiger partial charge in [0, 0.05) is 57.1 Å². The third-order valence-corrected chi connectivity index (χ3v) is 6.25. The van der Waals surface area contributed by atoms with Crippen molar-refractivity contribution in [2.24, 2.45) is 7.05 Å². The smallest absolute Gasteiger partial charge is 0.410 e. The Balaban J connectivity index is 1.83. The number of piperazine rings is 1. The van der Waals surface area contributed by atoms with Crippen LogP contribution in [0.25, 0.3) is 11.1 Å². The summed E-state index contributed by atoms with van der Waals surface area (Å²) in [5, 5.41) is 0. The Bertz CT molecular complexity index is 1080. The van der Waals surface area contributed by atoms with Crippen LogP contribution < -0.4 is 15.0 Å². The van der Waals surface area contributed by atoms with Gasteiger partial charge in [-0.3, -0.25) is 9.69 Å². The van der Waals surface area contributed by atoms with Crippen LogP contribution in [0.15, 0.2) is 23.1 Å². The second kappa shape index (κ2) is 10.1. The topological polar surface area (TPSA) is 73.2 Å². The first-order valence-corrected chi connectivity index (χ1v) is 11.6. The molecule has 1 aromatic heterocycles. The summed E-state index contributed by atoms with van der Waals surface area (Å²) in [7, 11) is 5.07. The number of aryl methyl sites for hydroxylation is 1. The van der Waals surface area contributed by atoms with Gasteiger partial charge in [-0.1, -0.05) is 0 Å². The van der Waals surface area contributed by atoms with E-state index >= 15 is 0 Å². The number of aromatic nitrogens is 1. The lowest BCUT2D eigenvalue weighted by atomic mass is 9.97. The van der Waals surface area contributed by atoms with Crippen molar-refractivity contribution in [3.8, 4) is 22.6 Å². The molecule has 1 saturated heterocycles. The highest BCUT2D eigenvalue weighted by atomic mass is 16.6. The maximum atomic E-state index is 12.4. The number of amides is 1. The number of carbonyl (C=O) groups is 1. The summed E-state index contributed by atoms with van der Waals surface area (Å²) in [6.45, 7) is 12.7. The van der Waals surface area contributed by atoms with Crippen LogP contribution in [0.3, 0.4) is 0 Å². The zero-order chi connectivity index (χ0) is 25.2. The fourth-order valence-corrected chi connectivity index (χ4v) is 4.20. The van der Waals surface area contributed by atoms with Crippen molar-refractivity contribution >= 4 is 6.09 Å². The van der Waals surface area contributed by atoms with E-state index in [9.17, 15) is 9.59 Å². The Morgan fingerprint density at radius 1 is 0.971 bits per heavy atom. The lowest BCUT2D eigenvalue weighted by Gasteiger charge is -2.36. The summed E-state index contributed by atoms with van der Waals surface area (Å²) in [6.07, 6.45) is 1.59. The lowest BCUT2D eigenvalue weighted by molar-refractivity contribution is 0.0138. The first-order valence-electron chi connectivity index (χ1n) is 11.6. The molecule has 186 valence electrons. The van der Waals surface area contributed by atoms with Crippen molar-refractivity contribution in [3.63, 3.8) is 0 Å². The summed E-state index contributed by atoms with van der Waals surface area (Å²) < 4.78 is 18.6. The van der Waals surface area contributed by atoms with Gasteiger partial charge in [0.2, 0.25) is 0 Å². The van der Waals surface area contributed by atoms with Crippen molar-refractivity contribution in [3.05, 3.63) is 45.4 Å². The van der Waals surface area contributed by atoms with Gasteiger partial charge in [0.15, 0.2) is 0 Å². The number of methoxy groups -OCH3 is 2. The molecule has 1 aliphatic heterocycles. The average molecular weight is 472 g/mol. The average Bonchev–Trinajstić information content (AvgIpc) is 2.79. The minimum atomic E-state index is -0.501. The molecule has 2 aromatic rings. The molecule has 1 aromatic carbocycles. The molecule has 1 amide bonds. The Morgan fingerprint density at radius 3 is 2.03 bits per heavy atom. The van der Waals surface area contributed by atoms with Crippen molar-refractivity contribution in [2.45, 2.75) is 46.8 Å². The van der Waals surface area contributed by atoms with Crippen LogP contribution in [-0.2, 0) is 18.3 Å². The summed E-state index contributed by atoms with van der Waals surface area (Å²) in [5.41, 5.74) is 4.03. The molecule has 0 atom stereocenters. The molecule has 1 aliphatic rings. The Labute approximate surface area is 202 Å². The van der Waals surface area contributed by atoms with Crippen LogP contribution in [0, 0.1) is 13.8 Å². The van der Waals surface area contributed by atoms with Gasteiger partial charge in [-0.15, -0.1) is 0 Å². The quantitative estimate of drug-likeness (QED) is 0.662. The van der Waals surface area contributed by atoms with E-state index in [0.29, 0.717) is 19.6 Å². The highest BCUT2D eigenvalue weighted by molar-refractivity contribution is 5.72. The number of pyridine rings is 1. The normalized spacial score (nSPS) is 14.8. The molecule has 0 bridgehead atoms. The molecule has 34 heavy (non-hydrogen) atoms. The van der Waals surface area contributed by atoms with Gasteiger partial charge in [-0.05, 0) is 57.9 Å². The number of hydrogen-bond acceptors (Lipinski definition) is 6. The maximum absolute atomic E-state index is 12.4. The third-order valence-electron chi connectivity index (χ3n) is 6.25. The van der Waals surface area contributed by atoms with E-state index in [-0.39, 0.29) is 11.7 Å². The molecule has 0 N–H and O–H groups in total. The Morgan fingerprint density at radius 2 is 1.53 bits per heavy atom. The van der Waals surface area contributed by atoms with Gasteiger partial charge in [-0.2, -0.15) is 0 Å². The van der Waals surface area contributed by atoms with Gasteiger partial charge in [-0.25, -0.2) is 4.79 Å². The molecule has 8 heteroatoms. The molecular formula is C26H37N3O5. The molecule has 1 fully saturated rings. The lowest BCUT2D eigenvalue weighted by Crippen LogP contribution is -2.49. The monoisotopic (exact) mass is 471 g/mol. The van der Waals surface area contributed by atoms with E-state index in [1.807, 2.05) is 52.9 Å². The molecule has 0 saturated carbocycles. The van der Waals surface area contributed by atoms with Crippen molar-refractivity contribution < 1.29 is 19.0 Å². The van der Waals surface area contributed by atoms with Crippen LogP contribution in [-0.4, -0.2) is 66.5 Å². The summed E-state index contributed by atoms with van der Waals surface area (Å²) in [6, 6.07) is 4.00. The van der Waals surface area contributed by atoms with Crippen LogP contribution in [0.4, 0.5) is 4.79 Å². The van der Waals surface area contributed by atoms with Crippen molar-refractivity contribution in [1.29, 1.82) is 0 Å². The molecule has 0 radical (unpaired) electrons. The van der Waals surface area contributed by atoms with E-state index in [2.05, 4.69) is 4.90 Å². The molecule has 3 rings (SSSR count). The highest BCUT2D eigenvalue weighted by Crippen LogP contribution is 2.37. The predicted octanol–water partition coefficient (Wildman–Crippen LogP) is 3.74. The van der Waals surface area contributed by atoms with Crippen LogP contribution in [0.5, 0.6) is 11.5 Å². The first-order chi connectivity index (χ1) is 15.9. The standard InChI is InChI=1S/C26H37N3O5/c1-17-18(2)24(30)27(6)15-20(17)19-13-22(32-7)21(23(14-19)33-8)16-28-9-11-29(12-10-28)25(31)34-26(3,4)5/h13-15H,9-12,16H2,1-8H3. The summed E-state index contributed by atoms with van der Waals surface area (Å²) in [4.78, 5) is 28.7. The third kappa shape index (κ3) is 5.55. The van der Waals surface area contributed by atoms with E-state index in [1.54, 1.807) is 30.7 Å². The molecular weight excluding hydrogens is 434 g/mol. The van der Waals surface area contributed by atoms with Crippen LogP contribution in [0.1, 0.15) is 37.5 Å². The van der Waals surface area contributed by atoms with Gasteiger partial charge in [0.1, 0.15) is 17.1 Å². The zero-order valence-electron chi connectivity index (χ0n) is 21.7. The van der Waals surface area contributed by atoms with Gasteiger partial charge >= 0.3 is 6.09 Å². The van der Waals surface area contributed by atoms with Gasteiger partial charge in [0.05, 0.1) is 19.8 Å². The van der Waals surface area contributed by atoms with Crippen molar-refractivity contribution in [1.82, 2.24) is 14.4 Å². The number of ether oxygens (including phenoxy) is 3. The van der Waals surface area contributed by atoms with Crippen molar-refractivity contribution in [2.75, 3.05) is 40.4 Å². The minimum Gasteiger partial charge on any atom is -0.496 e. The zero-order valence-corrected chi connectivity index (χ0v) is 21.7. The SMILES string of the molecule is COc1cc(-c2cn(C)c(=O)c(C)c2C)cc(OC)c1CN1CCN(C(=O)OC(C)(C)C)CC1. The number of rotatable bonds is 5. The fraction of sp³-hybridized carbons (Fsp3) is 0.538. The summed E-state index contributed by atoms with van der Waals surface area (Å²) >= 11 is 0. The minimum absolute atomic E-state index is 0.00215. The molecule has 8 nitrogen and oxygen atoms in total. The number of benzene rings is 1. The second-order valence-electron chi connectivity index (χ2n) is 9.81. The fourth-order valence-electron chi connectivity index (χ4n) is 4.20. The molecule has 0 unspecified atom stereocenters. The molecule has 0 spiro atoms. The van der Waals surface area contributed by atoms with E-state index < -0.39 is 5.60 Å². The number of carbonyl (C=O) groups excluding carboxylic acids is 1. The van der Waals surface area contributed by atoms with E-state index in [0.717, 1.165) is 52.4 Å². The largest absolute Gasteiger partial charge is 0.496 e. The van der Waals surface area contributed by atoms with Crippen LogP contribution in [0.2, 0.25) is 0 Å². The maximum Gasteiger partial charge on any atom is 0.410 e. The van der Waals surface area contributed by atoms with E-state index in [4.69, 9.17) is 14.2 Å². The van der Waals surface area contributed by atoms with Crippen LogP contribution >= 0.6 is 0 Å². The predicted molar refractivity (Wildman–Crippen MR) is 133 cm³/mol. The summed E-state index contributed by atoms with van der Waals surface area (Å²) in [5.74, 6) is 1.46.